The van der Waals surface area contributed by atoms with E-state index in [9.17, 15) is 14.4 Å². The molecule has 29 heavy (non-hydrogen) atoms. The van der Waals surface area contributed by atoms with Crippen molar-refractivity contribution in [3.05, 3.63) is 65.7 Å². The summed E-state index contributed by atoms with van der Waals surface area (Å²) in [6.07, 6.45) is 4.15. The summed E-state index contributed by atoms with van der Waals surface area (Å²) in [5.74, 6) is -1.38. The summed E-state index contributed by atoms with van der Waals surface area (Å²) in [6, 6.07) is 16.3. The number of amides is 3. The summed E-state index contributed by atoms with van der Waals surface area (Å²) in [4.78, 5) is 37.3. The van der Waals surface area contributed by atoms with Gasteiger partial charge in [0.25, 0.3) is 5.91 Å². The van der Waals surface area contributed by atoms with Crippen LogP contribution in [0.25, 0.3) is 0 Å². The molecule has 2 atom stereocenters. The smallest absolute Gasteiger partial charge is 0.313 e. The zero-order valence-corrected chi connectivity index (χ0v) is 16.6. The van der Waals surface area contributed by atoms with Crippen LogP contribution in [0.15, 0.2) is 54.6 Å². The van der Waals surface area contributed by atoms with Gasteiger partial charge in [-0.15, -0.1) is 0 Å². The van der Waals surface area contributed by atoms with Crippen molar-refractivity contribution in [2.24, 2.45) is 5.92 Å². The van der Waals surface area contributed by atoms with Gasteiger partial charge in [0.1, 0.15) is 0 Å². The van der Waals surface area contributed by atoms with E-state index in [1.165, 1.54) is 0 Å². The third kappa shape index (κ3) is 5.67. The Hall–Kier alpha value is -3.15. The van der Waals surface area contributed by atoms with Gasteiger partial charge in [0.2, 0.25) is 0 Å². The molecule has 3 N–H and O–H groups in total. The first kappa shape index (κ1) is 20.6. The van der Waals surface area contributed by atoms with Gasteiger partial charge < -0.3 is 16.0 Å². The minimum absolute atomic E-state index is 0.0198. The normalized spacial score (nSPS) is 18.5. The topological polar surface area (TPSA) is 87.3 Å². The third-order valence-electron chi connectivity index (χ3n) is 5.35. The van der Waals surface area contributed by atoms with Crippen LogP contribution in [-0.4, -0.2) is 23.8 Å². The first-order valence-electron chi connectivity index (χ1n) is 10.1. The van der Waals surface area contributed by atoms with E-state index in [2.05, 4.69) is 22.9 Å². The van der Waals surface area contributed by atoms with Gasteiger partial charge in [0, 0.05) is 12.6 Å². The quantitative estimate of drug-likeness (QED) is 0.682. The molecule has 0 heterocycles. The average Bonchev–Trinajstić information content (AvgIpc) is 2.74. The second-order valence-electron chi connectivity index (χ2n) is 7.51. The number of para-hydroxylation sites is 1. The van der Waals surface area contributed by atoms with Crippen LogP contribution in [0, 0.1) is 5.92 Å². The van der Waals surface area contributed by atoms with Crippen molar-refractivity contribution in [1.29, 1.82) is 0 Å². The van der Waals surface area contributed by atoms with E-state index in [0.29, 0.717) is 23.7 Å². The number of nitrogens with one attached hydrogen (secondary N) is 3. The monoisotopic (exact) mass is 393 g/mol. The minimum atomic E-state index is -0.758. The fourth-order valence-electron chi connectivity index (χ4n) is 3.61. The highest BCUT2D eigenvalue weighted by molar-refractivity contribution is 6.40. The molecule has 152 valence electrons. The minimum Gasteiger partial charge on any atom is -0.348 e. The SMILES string of the molecule is C[C@H]1CCCC[C@H]1NC(=O)C(=O)Nc1ccccc1C(=O)NCc1ccccc1. The second-order valence-corrected chi connectivity index (χ2v) is 7.51. The van der Waals surface area contributed by atoms with Crippen LogP contribution in [0.3, 0.4) is 0 Å². The molecule has 2 aromatic rings. The molecule has 2 aromatic carbocycles. The molecular formula is C23H27N3O3. The predicted molar refractivity (Wildman–Crippen MR) is 112 cm³/mol. The number of anilines is 1. The van der Waals surface area contributed by atoms with Crippen LogP contribution in [-0.2, 0) is 16.1 Å². The standard InChI is InChI=1S/C23H27N3O3/c1-16-9-5-7-13-19(16)25-22(28)23(29)26-20-14-8-6-12-18(20)21(27)24-15-17-10-3-2-4-11-17/h2-4,6,8,10-12,14,16,19H,5,7,9,13,15H2,1H3,(H,24,27)(H,25,28)(H,26,29)/t16-,19+/m0/s1. The van der Waals surface area contributed by atoms with Crippen LogP contribution in [0.2, 0.25) is 0 Å². The van der Waals surface area contributed by atoms with Crippen molar-refractivity contribution in [2.45, 2.75) is 45.2 Å². The summed E-state index contributed by atoms with van der Waals surface area (Å²) in [5, 5.41) is 8.25. The molecule has 3 rings (SSSR count). The van der Waals surface area contributed by atoms with E-state index in [0.717, 1.165) is 31.2 Å². The molecule has 0 saturated heterocycles. The summed E-state index contributed by atoms with van der Waals surface area (Å²) in [7, 11) is 0. The van der Waals surface area contributed by atoms with E-state index < -0.39 is 11.8 Å². The number of benzene rings is 2. The van der Waals surface area contributed by atoms with Crippen LogP contribution in [0.5, 0.6) is 0 Å². The van der Waals surface area contributed by atoms with Gasteiger partial charge in [-0.1, -0.05) is 62.2 Å². The molecule has 1 fully saturated rings. The highest BCUT2D eigenvalue weighted by Gasteiger charge is 2.26. The van der Waals surface area contributed by atoms with Crippen LogP contribution < -0.4 is 16.0 Å². The second kappa shape index (κ2) is 9.87. The van der Waals surface area contributed by atoms with E-state index in [-0.39, 0.29) is 11.9 Å². The maximum Gasteiger partial charge on any atom is 0.313 e. The number of carbonyl (C=O) groups is 3. The molecule has 0 unspecified atom stereocenters. The van der Waals surface area contributed by atoms with Crippen LogP contribution >= 0.6 is 0 Å². The van der Waals surface area contributed by atoms with Crippen molar-refractivity contribution in [3.8, 4) is 0 Å². The lowest BCUT2D eigenvalue weighted by atomic mass is 9.86. The zero-order chi connectivity index (χ0) is 20.6. The summed E-state index contributed by atoms with van der Waals surface area (Å²) >= 11 is 0. The van der Waals surface area contributed by atoms with E-state index >= 15 is 0 Å². The number of rotatable bonds is 5. The molecule has 0 spiro atoms. The molecule has 0 aromatic heterocycles. The lowest BCUT2D eigenvalue weighted by molar-refractivity contribution is -0.137. The number of carbonyl (C=O) groups excluding carboxylic acids is 3. The maximum absolute atomic E-state index is 12.6. The van der Waals surface area contributed by atoms with E-state index in [4.69, 9.17) is 0 Å². The highest BCUT2D eigenvalue weighted by atomic mass is 16.2. The van der Waals surface area contributed by atoms with Crippen molar-refractivity contribution >= 4 is 23.4 Å². The lowest BCUT2D eigenvalue weighted by Gasteiger charge is -2.29. The van der Waals surface area contributed by atoms with Gasteiger partial charge >= 0.3 is 11.8 Å². The van der Waals surface area contributed by atoms with Gasteiger partial charge in [-0.25, -0.2) is 0 Å². The molecule has 3 amide bonds. The van der Waals surface area contributed by atoms with Gasteiger partial charge in [0.05, 0.1) is 11.3 Å². The fourth-order valence-corrected chi connectivity index (χ4v) is 3.61. The van der Waals surface area contributed by atoms with Crippen molar-refractivity contribution < 1.29 is 14.4 Å². The summed E-state index contributed by atoms with van der Waals surface area (Å²) in [5.41, 5.74) is 1.61. The Kier molecular flexibility index (Phi) is 7.00. The van der Waals surface area contributed by atoms with E-state index in [1.54, 1.807) is 24.3 Å². The molecule has 6 heteroatoms. The van der Waals surface area contributed by atoms with Crippen LogP contribution in [0.4, 0.5) is 5.69 Å². The first-order chi connectivity index (χ1) is 14.0. The largest absolute Gasteiger partial charge is 0.348 e. The lowest BCUT2D eigenvalue weighted by Crippen LogP contribution is -2.46. The Morgan fingerprint density at radius 1 is 0.897 bits per heavy atom. The van der Waals surface area contributed by atoms with Gasteiger partial charge in [0.15, 0.2) is 0 Å². The zero-order valence-electron chi connectivity index (χ0n) is 16.6. The molecule has 0 radical (unpaired) electrons. The summed E-state index contributed by atoms with van der Waals surface area (Å²) < 4.78 is 0. The molecule has 0 bridgehead atoms. The molecule has 6 nitrogen and oxygen atoms in total. The van der Waals surface area contributed by atoms with Gasteiger partial charge in [-0.2, -0.15) is 0 Å². The predicted octanol–water partition coefficient (Wildman–Crippen LogP) is 3.25. The molecule has 1 aliphatic rings. The Labute approximate surface area is 171 Å². The number of hydrogen-bond acceptors (Lipinski definition) is 3. The maximum atomic E-state index is 12.6. The first-order valence-corrected chi connectivity index (χ1v) is 10.1. The Morgan fingerprint density at radius 2 is 1.59 bits per heavy atom. The summed E-state index contributed by atoms with van der Waals surface area (Å²) in [6.45, 7) is 2.47. The van der Waals surface area contributed by atoms with Crippen molar-refractivity contribution in [2.75, 3.05) is 5.32 Å². The Balaban J connectivity index is 1.61. The number of hydrogen-bond donors (Lipinski definition) is 3. The molecule has 0 aliphatic heterocycles. The highest BCUT2D eigenvalue weighted by Crippen LogP contribution is 2.23. The van der Waals surface area contributed by atoms with Gasteiger partial charge in [-0.05, 0) is 36.5 Å². The molecule has 1 saturated carbocycles. The molecular weight excluding hydrogens is 366 g/mol. The van der Waals surface area contributed by atoms with Gasteiger partial charge in [-0.3, -0.25) is 14.4 Å². The van der Waals surface area contributed by atoms with Crippen molar-refractivity contribution in [3.63, 3.8) is 0 Å². The third-order valence-corrected chi connectivity index (χ3v) is 5.35. The van der Waals surface area contributed by atoms with Crippen LogP contribution in [0.1, 0.15) is 48.5 Å². The average molecular weight is 393 g/mol. The van der Waals surface area contributed by atoms with Crippen molar-refractivity contribution in [1.82, 2.24) is 10.6 Å². The Bertz CT molecular complexity index is 867. The fraction of sp³-hybridized carbons (Fsp3) is 0.348. The Morgan fingerprint density at radius 3 is 2.34 bits per heavy atom. The van der Waals surface area contributed by atoms with E-state index in [1.807, 2.05) is 30.3 Å². The molecule has 1 aliphatic carbocycles.